The van der Waals surface area contributed by atoms with E-state index in [4.69, 9.17) is 0 Å². The fourth-order valence-electron chi connectivity index (χ4n) is 2.50. The number of Topliss-reactive ketones (excluding diaryl/α,β-unsaturated/α-hetero) is 1. The average molecular weight is 296 g/mol. The van der Waals surface area contributed by atoms with Gasteiger partial charge >= 0.3 is 0 Å². The van der Waals surface area contributed by atoms with E-state index >= 15 is 0 Å². The maximum Gasteiger partial charge on any atom is 0.166 e. The summed E-state index contributed by atoms with van der Waals surface area (Å²) in [6.45, 7) is 0. The largest absolute Gasteiger partial charge is 0.297 e. The second-order valence-corrected chi connectivity index (χ2v) is 7.82. The summed E-state index contributed by atoms with van der Waals surface area (Å²) in [5.41, 5.74) is 0.0608. The van der Waals surface area contributed by atoms with Crippen molar-refractivity contribution in [1.29, 1.82) is 0 Å². The Balaban J connectivity index is 2.11. The second kappa shape index (κ2) is 2.81. The maximum atomic E-state index is 11.8. The zero-order valence-electron chi connectivity index (χ0n) is 6.91. The first-order valence-corrected chi connectivity index (χ1v) is 6.08. The zero-order chi connectivity index (χ0) is 8.82. The third kappa shape index (κ3) is 1.20. The Morgan fingerprint density at radius 2 is 1.67 bits per heavy atom. The number of rotatable bonds is 0. The van der Waals surface area contributed by atoms with Crippen LogP contribution in [0.3, 0.4) is 0 Å². The summed E-state index contributed by atoms with van der Waals surface area (Å²) in [5.74, 6) is 0.384. The number of carbonyl (C=O) groups excluding carboxylic acids is 1. The van der Waals surface area contributed by atoms with E-state index in [0.717, 1.165) is 19.3 Å². The van der Waals surface area contributed by atoms with Crippen LogP contribution in [0.1, 0.15) is 38.5 Å². The van der Waals surface area contributed by atoms with Crippen LogP contribution in [0.4, 0.5) is 0 Å². The van der Waals surface area contributed by atoms with Crippen molar-refractivity contribution in [3.8, 4) is 0 Å². The molecule has 3 heteroatoms. The molecule has 0 heterocycles. The van der Waals surface area contributed by atoms with Crippen molar-refractivity contribution in [1.82, 2.24) is 0 Å². The van der Waals surface area contributed by atoms with Gasteiger partial charge in [0, 0.05) is 5.41 Å². The molecule has 0 atom stereocenters. The van der Waals surface area contributed by atoms with E-state index in [0.29, 0.717) is 5.78 Å². The molecule has 2 aliphatic carbocycles. The number of ketones is 1. The molecule has 0 aromatic heterocycles. The number of carbonyl (C=O) groups is 1. The van der Waals surface area contributed by atoms with Crippen molar-refractivity contribution in [3.05, 3.63) is 0 Å². The van der Waals surface area contributed by atoms with E-state index in [2.05, 4.69) is 31.9 Å². The molecular weight excluding hydrogens is 284 g/mol. The van der Waals surface area contributed by atoms with E-state index in [9.17, 15) is 4.79 Å². The van der Waals surface area contributed by atoms with Gasteiger partial charge in [-0.2, -0.15) is 0 Å². The third-order valence-electron chi connectivity index (χ3n) is 3.18. The van der Waals surface area contributed by atoms with Crippen LogP contribution in [0.2, 0.25) is 0 Å². The molecule has 12 heavy (non-hydrogen) atoms. The van der Waals surface area contributed by atoms with Crippen LogP contribution < -0.4 is 0 Å². The summed E-state index contributed by atoms with van der Waals surface area (Å²) >= 11 is 6.81. The molecule has 0 aromatic carbocycles. The highest BCUT2D eigenvalue weighted by atomic mass is 79.9. The highest BCUT2D eigenvalue weighted by Gasteiger charge is 2.60. The summed E-state index contributed by atoms with van der Waals surface area (Å²) in [5, 5.41) is 0. The first-order valence-electron chi connectivity index (χ1n) is 4.50. The van der Waals surface area contributed by atoms with Crippen molar-refractivity contribution in [2.45, 2.75) is 41.8 Å². The lowest BCUT2D eigenvalue weighted by Crippen LogP contribution is -2.56. The van der Waals surface area contributed by atoms with Gasteiger partial charge in [0.15, 0.2) is 5.78 Å². The van der Waals surface area contributed by atoms with Gasteiger partial charge in [-0.1, -0.05) is 51.1 Å². The molecule has 1 nitrogen and oxygen atoms in total. The minimum absolute atomic E-state index is 0.0608. The van der Waals surface area contributed by atoms with Crippen molar-refractivity contribution in [2.24, 2.45) is 5.41 Å². The predicted octanol–water partition coefficient (Wildman–Crippen LogP) is 3.40. The van der Waals surface area contributed by atoms with Crippen molar-refractivity contribution in [2.75, 3.05) is 0 Å². The Hall–Kier alpha value is 0.630. The number of halogens is 2. The molecule has 0 aromatic rings. The molecule has 2 fully saturated rings. The van der Waals surface area contributed by atoms with Crippen molar-refractivity contribution >= 4 is 37.6 Å². The van der Waals surface area contributed by atoms with E-state index in [1.807, 2.05) is 0 Å². The molecule has 68 valence electrons. The molecule has 0 N–H and O–H groups in total. The monoisotopic (exact) mass is 294 g/mol. The Kier molecular flexibility index (Phi) is 2.15. The zero-order valence-corrected chi connectivity index (χ0v) is 10.1. The third-order valence-corrected chi connectivity index (χ3v) is 4.47. The quantitative estimate of drug-likeness (QED) is 0.626. The molecule has 2 rings (SSSR count). The molecule has 0 radical (unpaired) electrons. The first-order chi connectivity index (χ1) is 5.57. The number of alkyl halides is 2. The Morgan fingerprint density at radius 1 is 1.08 bits per heavy atom. The Labute approximate surface area is 89.5 Å². The average Bonchev–Trinajstić information content (AvgIpc) is 2.05. The summed E-state index contributed by atoms with van der Waals surface area (Å²) in [6, 6.07) is 0. The number of hydrogen-bond acceptors (Lipinski definition) is 1. The van der Waals surface area contributed by atoms with E-state index in [1.54, 1.807) is 0 Å². The molecule has 1 spiro atoms. The second-order valence-electron chi connectivity index (χ2n) is 4.05. The van der Waals surface area contributed by atoms with Crippen molar-refractivity contribution < 1.29 is 4.79 Å². The van der Waals surface area contributed by atoms with Crippen LogP contribution in [-0.4, -0.2) is 9.02 Å². The fourth-order valence-corrected chi connectivity index (χ4v) is 4.41. The normalized spacial score (nSPS) is 31.7. The molecule has 0 bridgehead atoms. The van der Waals surface area contributed by atoms with Crippen LogP contribution in [0, 0.1) is 5.41 Å². The maximum absolute atomic E-state index is 11.8. The fraction of sp³-hybridized carbons (Fsp3) is 0.889. The standard InChI is InChI=1S/C9H12Br2O/c10-9(11)6-8(7(9)12)4-2-1-3-5-8/h1-6H2. The summed E-state index contributed by atoms with van der Waals surface area (Å²) in [4.78, 5) is 11.8. The lowest BCUT2D eigenvalue weighted by Gasteiger charge is -2.50. The van der Waals surface area contributed by atoms with Crippen molar-refractivity contribution in [3.63, 3.8) is 0 Å². The lowest BCUT2D eigenvalue weighted by atomic mass is 9.60. The summed E-state index contributed by atoms with van der Waals surface area (Å²) in [7, 11) is 0. The van der Waals surface area contributed by atoms with Gasteiger partial charge < -0.3 is 0 Å². The molecule has 0 amide bonds. The Bertz CT molecular complexity index is 217. The van der Waals surface area contributed by atoms with Crippen LogP contribution in [0.25, 0.3) is 0 Å². The van der Waals surface area contributed by atoms with Crippen LogP contribution in [0.5, 0.6) is 0 Å². The van der Waals surface area contributed by atoms with Gasteiger partial charge in [-0.15, -0.1) is 0 Å². The molecule has 0 unspecified atom stereocenters. The Morgan fingerprint density at radius 3 is 2.08 bits per heavy atom. The van der Waals surface area contributed by atoms with Gasteiger partial charge in [0.05, 0.1) is 0 Å². The van der Waals surface area contributed by atoms with Gasteiger partial charge in [-0.25, -0.2) is 0 Å². The molecule has 0 aliphatic heterocycles. The van der Waals surface area contributed by atoms with Crippen LogP contribution in [0.15, 0.2) is 0 Å². The lowest BCUT2D eigenvalue weighted by molar-refractivity contribution is -0.140. The van der Waals surface area contributed by atoms with E-state index in [-0.39, 0.29) is 8.65 Å². The van der Waals surface area contributed by atoms with Crippen LogP contribution in [-0.2, 0) is 4.79 Å². The van der Waals surface area contributed by atoms with E-state index < -0.39 is 0 Å². The molecular formula is C9H12Br2O. The van der Waals surface area contributed by atoms with Gasteiger partial charge in [-0.05, 0) is 19.3 Å². The van der Waals surface area contributed by atoms with Gasteiger partial charge in [0.25, 0.3) is 0 Å². The molecule has 2 saturated carbocycles. The smallest absolute Gasteiger partial charge is 0.166 e. The highest BCUT2D eigenvalue weighted by Crippen LogP contribution is 2.59. The summed E-state index contributed by atoms with van der Waals surface area (Å²) < 4.78 is -0.364. The van der Waals surface area contributed by atoms with Gasteiger partial charge in [0.2, 0.25) is 0 Å². The van der Waals surface area contributed by atoms with E-state index in [1.165, 1.54) is 19.3 Å². The van der Waals surface area contributed by atoms with Gasteiger partial charge in [-0.3, -0.25) is 4.79 Å². The molecule has 0 saturated heterocycles. The SMILES string of the molecule is O=C1C(Br)(Br)CC12CCCCC2. The minimum atomic E-state index is -0.364. The number of hydrogen-bond donors (Lipinski definition) is 0. The van der Waals surface area contributed by atoms with Gasteiger partial charge in [0.1, 0.15) is 3.23 Å². The highest BCUT2D eigenvalue weighted by molar-refractivity contribution is 9.26. The predicted molar refractivity (Wildman–Crippen MR) is 55.7 cm³/mol. The minimum Gasteiger partial charge on any atom is -0.297 e. The molecule has 2 aliphatic rings. The first kappa shape index (κ1) is 9.20. The van der Waals surface area contributed by atoms with Crippen LogP contribution >= 0.6 is 31.9 Å². The summed E-state index contributed by atoms with van der Waals surface area (Å²) in [6.07, 6.45) is 7.00. The topological polar surface area (TPSA) is 17.1 Å².